The van der Waals surface area contributed by atoms with E-state index >= 15 is 0 Å². The molecule has 0 radical (unpaired) electrons. The Kier molecular flexibility index (Phi) is 4.53. The van der Waals surface area contributed by atoms with E-state index in [1.54, 1.807) is 0 Å². The lowest BCUT2D eigenvalue weighted by molar-refractivity contribution is -0.133. The quantitative estimate of drug-likeness (QED) is 0.456. The van der Waals surface area contributed by atoms with Gasteiger partial charge in [-0.15, -0.1) is 0 Å². The van der Waals surface area contributed by atoms with E-state index in [2.05, 4.69) is 15.1 Å². The van der Waals surface area contributed by atoms with Crippen molar-refractivity contribution in [3.8, 4) is 0 Å². The van der Waals surface area contributed by atoms with Gasteiger partial charge in [0, 0.05) is 19.4 Å². The molecule has 130 valence electrons. The van der Waals surface area contributed by atoms with E-state index in [9.17, 15) is 18.4 Å². The molecule has 1 aliphatic rings. The molecular formula is C14H8Cl2F2N4O3. The van der Waals surface area contributed by atoms with Crippen molar-refractivity contribution in [2.45, 2.75) is 12.5 Å². The number of ketones is 1. The maximum atomic E-state index is 13.0. The maximum Gasteiger partial charge on any atom is 0.345 e. The monoisotopic (exact) mass is 388 g/mol. The second-order valence-electron chi connectivity index (χ2n) is 5.01. The van der Waals surface area contributed by atoms with Crippen molar-refractivity contribution in [3.05, 3.63) is 45.5 Å². The molecule has 0 aliphatic carbocycles. The molecule has 0 spiro atoms. The standard InChI is InChI=1S/C14H8Cl2F2N4O3/c1-22-4-6(8(21-22)12(17)18)13-20-10(14(24)25-13)11(23)9-7(16)2-5(15)3-19-9/h2-4,10,12H,1H3. The summed E-state index contributed by atoms with van der Waals surface area (Å²) in [7, 11) is 1.42. The van der Waals surface area contributed by atoms with Gasteiger partial charge in [0.05, 0.1) is 15.6 Å². The van der Waals surface area contributed by atoms with Crippen molar-refractivity contribution in [1.29, 1.82) is 0 Å². The minimum atomic E-state index is -2.90. The summed E-state index contributed by atoms with van der Waals surface area (Å²) >= 11 is 11.6. The van der Waals surface area contributed by atoms with Crippen LogP contribution in [0.3, 0.4) is 0 Å². The van der Waals surface area contributed by atoms with Crippen LogP contribution in [0, 0.1) is 0 Å². The third-order valence-electron chi connectivity index (χ3n) is 3.25. The second kappa shape index (κ2) is 6.49. The van der Waals surface area contributed by atoms with Crippen LogP contribution in [0.2, 0.25) is 10.0 Å². The van der Waals surface area contributed by atoms with Gasteiger partial charge >= 0.3 is 5.97 Å². The SMILES string of the molecule is Cn1cc(C2=NC(C(=O)c3ncc(Cl)cc3Cl)C(=O)O2)c(C(F)F)n1. The van der Waals surface area contributed by atoms with Gasteiger partial charge in [-0.25, -0.2) is 23.6 Å². The maximum absolute atomic E-state index is 13.0. The molecule has 11 heteroatoms. The first kappa shape index (κ1) is 17.4. The molecule has 25 heavy (non-hydrogen) atoms. The number of Topliss-reactive ketones (excluding diaryl/α,β-unsaturated/α-hetero) is 1. The zero-order valence-corrected chi connectivity index (χ0v) is 13.9. The van der Waals surface area contributed by atoms with Crippen LogP contribution in [0.25, 0.3) is 0 Å². The molecule has 0 fully saturated rings. The fourth-order valence-electron chi connectivity index (χ4n) is 2.19. The number of ether oxygens (including phenoxy) is 1. The molecule has 0 amide bonds. The van der Waals surface area contributed by atoms with E-state index in [0.29, 0.717) is 0 Å². The Balaban J connectivity index is 1.97. The minimum Gasteiger partial charge on any atom is -0.405 e. The molecule has 1 unspecified atom stereocenters. The van der Waals surface area contributed by atoms with Crippen LogP contribution in [0.4, 0.5) is 8.78 Å². The highest BCUT2D eigenvalue weighted by Gasteiger charge is 2.39. The number of hydrogen-bond acceptors (Lipinski definition) is 6. The molecule has 2 aromatic heterocycles. The Morgan fingerprint density at radius 3 is 2.76 bits per heavy atom. The number of esters is 1. The van der Waals surface area contributed by atoms with Crippen LogP contribution in [-0.2, 0) is 16.6 Å². The normalized spacial score (nSPS) is 17.0. The fraction of sp³-hybridized carbons (Fsp3) is 0.214. The number of rotatable bonds is 4. The number of cyclic esters (lactones) is 1. The van der Waals surface area contributed by atoms with Crippen molar-refractivity contribution < 1.29 is 23.1 Å². The van der Waals surface area contributed by atoms with Gasteiger partial charge in [0.15, 0.2) is 0 Å². The number of aromatic nitrogens is 3. The third-order valence-corrected chi connectivity index (χ3v) is 3.75. The summed E-state index contributed by atoms with van der Waals surface area (Å²) in [5, 5.41) is 3.73. The molecule has 7 nitrogen and oxygen atoms in total. The highest BCUT2D eigenvalue weighted by molar-refractivity contribution is 6.37. The Morgan fingerprint density at radius 1 is 1.40 bits per heavy atom. The van der Waals surface area contributed by atoms with Crippen molar-refractivity contribution in [2.75, 3.05) is 0 Å². The van der Waals surface area contributed by atoms with Crippen LogP contribution in [0.15, 0.2) is 23.5 Å². The van der Waals surface area contributed by atoms with Gasteiger partial charge in [0.25, 0.3) is 6.43 Å². The molecule has 2 aromatic rings. The smallest absolute Gasteiger partial charge is 0.345 e. The second-order valence-corrected chi connectivity index (χ2v) is 5.85. The van der Waals surface area contributed by atoms with E-state index < -0.39 is 35.8 Å². The molecule has 0 N–H and O–H groups in total. The number of alkyl halides is 2. The number of carbonyl (C=O) groups excluding carboxylic acids is 2. The lowest BCUT2D eigenvalue weighted by atomic mass is 10.1. The van der Waals surface area contributed by atoms with Crippen molar-refractivity contribution in [3.63, 3.8) is 0 Å². The summed E-state index contributed by atoms with van der Waals surface area (Å²) < 4.78 is 32.1. The van der Waals surface area contributed by atoms with E-state index in [1.807, 2.05) is 0 Å². The topological polar surface area (TPSA) is 86.4 Å². The molecule has 1 aliphatic heterocycles. The summed E-state index contributed by atoms with van der Waals surface area (Å²) in [6, 6.07) is -0.309. The van der Waals surface area contributed by atoms with Gasteiger partial charge in [0.1, 0.15) is 11.4 Å². The Bertz CT molecular complexity index is 913. The summed E-state index contributed by atoms with van der Waals surface area (Å²) in [4.78, 5) is 32.0. The zero-order chi connectivity index (χ0) is 18.3. The Labute approximate surface area is 149 Å². The average Bonchev–Trinajstić information content (AvgIpc) is 3.09. The van der Waals surface area contributed by atoms with Crippen molar-refractivity contribution >= 4 is 40.9 Å². The predicted octanol–water partition coefficient (Wildman–Crippen LogP) is 2.61. The molecule has 0 bridgehead atoms. The largest absolute Gasteiger partial charge is 0.405 e. The number of aliphatic imine (C=N–C) groups is 1. The fourth-order valence-corrected chi connectivity index (χ4v) is 2.67. The summed E-state index contributed by atoms with van der Waals surface area (Å²) in [5.74, 6) is -2.25. The summed E-state index contributed by atoms with van der Waals surface area (Å²) in [6.07, 6.45) is -0.505. The van der Waals surface area contributed by atoms with Crippen molar-refractivity contribution in [2.24, 2.45) is 12.0 Å². The van der Waals surface area contributed by atoms with E-state index in [4.69, 9.17) is 27.9 Å². The van der Waals surface area contributed by atoms with Crippen LogP contribution >= 0.6 is 23.2 Å². The number of pyridine rings is 1. The first-order chi connectivity index (χ1) is 11.8. The number of carbonyl (C=O) groups is 2. The van der Waals surface area contributed by atoms with E-state index in [0.717, 1.165) is 4.68 Å². The summed E-state index contributed by atoms with van der Waals surface area (Å²) in [6.45, 7) is 0. The van der Waals surface area contributed by atoms with Crippen LogP contribution in [-0.4, -0.2) is 38.5 Å². The lowest BCUT2D eigenvalue weighted by Crippen LogP contribution is -2.26. The summed E-state index contributed by atoms with van der Waals surface area (Å²) in [5.41, 5.74) is -1.00. The highest BCUT2D eigenvalue weighted by atomic mass is 35.5. The molecule has 0 aromatic carbocycles. The Morgan fingerprint density at radius 2 is 2.12 bits per heavy atom. The molecular weight excluding hydrogens is 381 g/mol. The van der Waals surface area contributed by atoms with E-state index in [-0.39, 0.29) is 21.3 Å². The first-order valence-corrected chi connectivity index (χ1v) is 7.50. The molecule has 3 rings (SSSR count). The van der Waals surface area contributed by atoms with Gasteiger partial charge in [-0.3, -0.25) is 9.48 Å². The highest BCUT2D eigenvalue weighted by Crippen LogP contribution is 2.26. The van der Waals surface area contributed by atoms with Gasteiger partial charge in [-0.1, -0.05) is 23.2 Å². The molecule has 0 saturated heterocycles. The lowest BCUT2D eigenvalue weighted by Gasteiger charge is -2.04. The first-order valence-electron chi connectivity index (χ1n) is 6.74. The van der Waals surface area contributed by atoms with Crippen LogP contribution in [0.5, 0.6) is 0 Å². The predicted molar refractivity (Wildman–Crippen MR) is 83.2 cm³/mol. The number of nitrogens with zero attached hydrogens (tertiary/aromatic N) is 4. The Hall–Kier alpha value is -2.39. The van der Waals surface area contributed by atoms with Crippen LogP contribution < -0.4 is 0 Å². The van der Waals surface area contributed by atoms with E-state index in [1.165, 1.54) is 25.5 Å². The molecule has 1 atom stereocenters. The number of halogens is 4. The third kappa shape index (κ3) is 3.24. The average molecular weight is 389 g/mol. The van der Waals surface area contributed by atoms with Gasteiger partial charge in [0.2, 0.25) is 17.7 Å². The van der Waals surface area contributed by atoms with Crippen LogP contribution in [0.1, 0.15) is 28.2 Å². The van der Waals surface area contributed by atoms with Gasteiger partial charge in [-0.2, -0.15) is 5.10 Å². The number of hydrogen-bond donors (Lipinski definition) is 0. The minimum absolute atomic E-state index is 0.0661. The van der Waals surface area contributed by atoms with Crippen molar-refractivity contribution in [1.82, 2.24) is 14.8 Å². The van der Waals surface area contributed by atoms with Gasteiger partial charge < -0.3 is 4.74 Å². The molecule has 0 saturated carbocycles. The number of aryl methyl sites for hydroxylation is 1. The zero-order valence-electron chi connectivity index (χ0n) is 12.4. The molecule has 3 heterocycles. The van der Waals surface area contributed by atoms with Gasteiger partial charge in [-0.05, 0) is 6.07 Å².